The molecule has 0 N–H and O–H groups in total. The number of carbonyl (C=O) groups excluding carboxylic acids is 1. The molecular formula is C9H6FNOS. The van der Waals surface area contributed by atoms with Gasteiger partial charge in [0.05, 0.1) is 10.2 Å². The minimum absolute atomic E-state index is 0.256. The number of aryl methyl sites for hydroxylation is 1. The fraction of sp³-hybridized carbons (Fsp3) is 0.111. The lowest BCUT2D eigenvalue weighted by Crippen LogP contribution is -1.80. The zero-order valence-corrected chi connectivity index (χ0v) is 7.69. The van der Waals surface area contributed by atoms with Crippen LogP contribution in [0.15, 0.2) is 12.1 Å². The van der Waals surface area contributed by atoms with Crippen LogP contribution in [0.5, 0.6) is 0 Å². The van der Waals surface area contributed by atoms with Crippen molar-refractivity contribution in [2.45, 2.75) is 6.92 Å². The molecule has 0 unspecified atom stereocenters. The SMILES string of the molecule is Cc1cc2nc(C=O)sc2cc1F. The van der Waals surface area contributed by atoms with Crippen LogP contribution in [-0.4, -0.2) is 11.3 Å². The molecule has 0 saturated carbocycles. The van der Waals surface area contributed by atoms with Crippen LogP contribution in [0.1, 0.15) is 15.4 Å². The number of thiazole rings is 1. The van der Waals surface area contributed by atoms with Crippen LogP contribution in [0.2, 0.25) is 0 Å². The monoisotopic (exact) mass is 195 g/mol. The number of nitrogens with zero attached hydrogens (tertiary/aromatic N) is 1. The van der Waals surface area contributed by atoms with Crippen molar-refractivity contribution in [3.05, 3.63) is 28.5 Å². The Bertz CT molecular complexity index is 439. The molecule has 0 aliphatic heterocycles. The molecule has 66 valence electrons. The van der Waals surface area contributed by atoms with Crippen molar-refractivity contribution < 1.29 is 9.18 Å². The molecule has 4 heteroatoms. The van der Waals surface area contributed by atoms with Crippen molar-refractivity contribution in [2.75, 3.05) is 0 Å². The first-order chi connectivity index (χ1) is 6.20. The smallest absolute Gasteiger partial charge is 0.178 e. The lowest BCUT2D eigenvalue weighted by Gasteiger charge is -1.93. The number of hydrogen-bond acceptors (Lipinski definition) is 3. The highest BCUT2D eigenvalue weighted by Crippen LogP contribution is 2.23. The standard InChI is InChI=1S/C9H6FNOS/c1-5-2-7-8(3-6(5)10)13-9(4-12)11-7/h2-4H,1H3. The molecular weight excluding hydrogens is 189 g/mol. The fourth-order valence-corrected chi connectivity index (χ4v) is 1.91. The lowest BCUT2D eigenvalue weighted by molar-refractivity contribution is 0.112. The van der Waals surface area contributed by atoms with E-state index < -0.39 is 0 Å². The predicted molar refractivity (Wildman–Crippen MR) is 49.7 cm³/mol. The number of aldehydes is 1. The molecule has 0 aliphatic carbocycles. The maximum atomic E-state index is 13.1. The average Bonchev–Trinajstić information content (AvgIpc) is 2.48. The van der Waals surface area contributed by atoms with Gasteiger partial charge in [-0.05, 0) is 24.6 Å². The van der Waals surface area contributed by atoms with Gasteiger partial charge in [0.15, 0.2) is 11.3 Å². The molecule has 1 aromatic heterocycles. The van der Waals surface area contributed by atoms with Gasteiger partial charge in [-0.15, -0.1) is 11.3 Å². The molecule has 1 aromatic carbocycles. The Morgan fingerprint density at radius 1 is 1.54 bits per heavy atom. The Morgan fingerprint density at radius 2 is 2.31 bits per heavy atom. The van der Waals surface area contributed by atoms with Crippen LogP contribution in [0.25, 0.3) is 10.2 Å². The third-order valence-electron chi connectivity index (χ3n) is 1.79. The Hall–Kier alpha value is -1.29. The Kier molecular flexibility index (Phi) is 1.84. The molecule has 0 spiro atoms. The highest BCUT2D eigenvalue weighted by Gasteiger charge is 2.05. The summed E-state index contributed by atoms with van der Waals surface area (Å²) in [6, 6.07) is 3.06. The summed E-state index contributed by atoms with van der Waals surface area (Å²) in [5.74, 6) is -0.256. The molecule has 0 aliphatic rings. The number of benzene rings is 1. The van der Waals surface area contributed by atoms with Gasteiger partial charge < -0.3 is 0 Å². The first-order valence-electron chi connectivity index (χ1n) is 3.72. The maximum Gasteiger partial charge on any atom is 0.178 e. The minimum atomic E-state index is -0.256. The van der Waals surface area contributed by atoms with Gasteiger partial charge in [0.1, 0.15) is 5.82 Å². The molecule has 1 heterocycles. The molecule has 2 aromatic rings. The summed E-state index contributed by atoms with van der Waals surface area (Å²) in [6.07, 6.45) is 0.678. The van der Waals surface area contributed by atoms with Gasteiger partial charge in [-0.25, -0.2) is 9.37 Å². The van der Waals surface area contributed by atoms with Gasteiger partial charge in [0.25, 0.3) is 0 Å². The van der Waals surface area contributed by atoms with Crippen molar-refractivity contribution in [1.82, 2.24) is 4.98 Å². The van der Waals surface area contributed by atoms with E-state index in [1.54, 1.807) is 13.0 Å². The van der Waals surface area contributed by atoms with Gasteiger partial charge in [0.2, 0.25) is 0 Å². The molecule has 0 amide bonds. The second kappa shape index (κ2) is 2.88. The quantitative estimate of drug-likeness (QED) is 0.654. The second-order valence-corrected chi connectivity index (χ2v) is 3.80. The molecule has 2 nitrogen and oxygen atoms in total. The number of fused-ring (bicyclic) bond motifs is 1. The summed E-state index contributed by atoms with van der Waals surface area (Å²) in [7, 11) is 0. The zero-order chi connectivity index (χ0) is 9.42. The largest absolute Gasteiger partial charge is 0.295 e. The predicted octanol–water partition coefficient (Wildman–Crippen LogP) is 2.56. The van der Waals surface area contributed by atoms with E-state index >= 15 is 0 Å². The van der Waals surface area contributed by atoms with Crippen LogP contribution < -0.4 is 0 Å². The Labute approximate surface area is 78.0 Å². The van der Waals surface area contributed by atoms with E-state index in [9.17, 15) is 9.18 Å². The number of rotatable bonds is 1. The van der Waals surface area contributed by atoms with E-state index in [0.717, 1.165) is 0 Å². The van der Waals surface area contributed by atoms with E-state index in [2.05, 4.69) is 4.98 Å². The van der Waals surface area contributed by atoms with E-state index in [-0.39, 0.29) is 5.82 Å². The molecule has 0 radical (unpaired) electrons. The summed E-state index contributed by atoms with van der Waals surface area (Å²) < 4.78 is 13.8. The number of halogens is 1. The topological polar surface area (TPSA) is 30.0 Å². The van der Waals surface area contributed by atoms with Gasteiger partial charge in [-0.1, -0.05) is 0 Å². The zero-order valence-electron chi connectivity index (χ0n) is 6.87. The van der Waals surface area contributed by atoms with Crippen molar-refractivity contribution >= 4 is 27.8 Å². The van der Waals surface area contributed by atoms with E-state index in [1.807, 2.05) is 0 Å². The average molecular weight is 195 g/mol. The number of aromatic nitrogens is 1. The molecule has 0 fully saturated rings. The van der Waals surface area contributed by atoms with Gasteiger partial charge in [0, 0.05) is 0 Å². The van der Waals surface area contributed by atoms with Gasteiger partial charge in [-0.3, -0.25) is 4.79 Å². The molecule has 2 rings (SSSR count). The van der Waals surface area contributed by atoms with Crippen LogP contribution in [-0.2, 0) is 0 Å². The Balaban J connectivity index is 2.77. The van der Waals surface area contributed by atoms with E-state index in [0.29, 0.717) is 27.1 Å². The lowest BCUT2D eigenvalue weighted by atomic mass is 10.2. The number of hydrogen-bond donors (Lipinski definition) is 0. The Morgan fingerprint density at radius 3 is 3.00 bits per heavy atom. The molecule has 0 bridgehead atoms. The van der Waals surface area contributed by atoms with Crippen molar-refractivity contribution in [1.29, 1.82) is 0 Å². The van der Waals surface area contributed by atoms with Crippen LogP contribution in [0.3, 0.4) is 0 Å². The first-order valence-corrected chi connectivity index (χ1v) is 4.54. The van der Waals surface area contributed by atoms with Crippen molar-refractivity contribution in [3.63, 3.8) is 0 Å². The van der Waals surface area contributed by atoms with Crippen molar-refractivity contribution in [2.24, 2.45) is 0 Å². The second-order valence-electron chi connectivity index (χ2n) is 2.74. The highest BCUT2D eigenvalue weighted by molar-refractivity contribution is 7.20. The van der Waals surface area contributed by atoms with E-state index in [1.165, 1.54) is 17.4 Å². The van der Waals surface area contributed by atoms with Crippen LogP contribution in [0.4, 0.5) is 4.39 Å². The van der Waals surface area contributed by atoms with Crippen LogP contribution >= 0.6 is 11.3 Å². The first kappa shape index (κ1) is 8.31. The highest BCUT2D eigenvalue weighted by atomic mass is 32.1. The molecule has 0 saturated heterocycles. The third-order valence-corrected chi connectivity index (χ3v) is 2.73. The summed E-state index contributed by atoms with van der Waals surface area (Å²) in [6.45, 7) is 1.68. The maximum absolute atomic E-state index is 13.1. The molecule has 13 heavy (non-hydrogen) atoms. The van der Waals surface area contributed by atoms with E-state index in [4.69, 9.17) is 0 Å². The summed E-state index contributed by atoms with van der Waals surface area (Å²) in [4.78, 5) is 14.4. The normalized spacial score (nSPS) is 10.6. The van der Waals surface area contributed by atoms with Gasteiger partial charge in [-0.2, -0.15) is 0 Å². The fourth-order valence-electron chi connectivity index (χ4n) is 1.12. The molecule has 0 atom stereocenters. The van der Waals surface area contributed by atoms with Crippen LogP contribution in [0, 0.1) is 12.7 Å². The van der Waals surface area contributed by atoms with Gasteiger partial charge >= 0.3 is 0 Å². The number of carbonyl (C=O) groups is 1. The third kappa shape index (κ3) is 1.33. The summed E-state index contributed by atoms with van der Waals surface area (Å²) >= 11 is 1.20. The summed E-state index contributed by atoms with van der Waals surface area (Å²) in [5.41, 5.74) is 1.24. The van der Waals surface area contributed by atoms with Crippen molar-refractivity contribution in [3.8, 4) is 0 Å². The minimum Gasteiger partial charge on any atom is -0.295 e. The summed E-state index contributed by atoms with van der Waals surface area (Å²) in [5, 5.41) is 0.389.